The van der Waals surface area contributed by atoms with E-state index < -0.39 is 31.0 Å². The molecule has 1 aliphatic carbocycles. The molecule has 1 saturated carbocycles. The van der Waals surface area contributed by atoms with E-state index in [1.165, 1.54) is 12.1 Å². The fraction of sp³-hybridized carbons (Fsp3) is 0.353. The Balaban J connectivity index is 1.84. The minimum atomic E-state index is -4.49. The maximum absolute atomic E-state index is 12.6. The molecule has 0 unspecified atom stereocenters. The lowest BCUT2D eigenvalue weighted by Gasteiger charge is -2.10. The predicted octanol–water partition coefficient (Wildman–Crippen LogP) is 3.99. The normalized spacial score (nSPS) is 14.2. The number of benzene rings is 1. The van der Waals surface area contributed by atoms with E-state index in [1.54, 1.807) is 0 Å². The molecule has 1 N–H and O–H groups in total. The highest BCUT2D eigenvalue weighted by molar-refractivity contribution is 6.05. The average Bonchev–Trinajstić information content (AvgIpc) is 3.34. The smallest absolute Gasteiger partial charge is 0.408 e. The van der Waals surface area contributed by atoms with Crippen LogP contribution >= 0.6 is 0 Å². The van der Waals surface area contributed by atoms with Crippen LogP contribution in [0.2, 0.25) is 0 Å². The first-order chi connectivity index (χ1) is 13.2. The van der Waals surface area contributed by atoms with Crippen molar-refractivity contribution in [1.29, 1.82) is 0 Å². The van der Waals surface area contributed by atoms with Crippen molar-refractivity contribution < 1.29 is 36.3 Å². The number of hydrogen-bond donors (Lipinski definition) is 1. The number of amides is 1. The summed E-state index contributed by atoms with van der Waals surface area (Å²) in [6, 6.07) is 3.50. The summed E-state index contributed by atoms with van der Waals surface area (Å²) in [6.07, 6.45) is -1.75. The van der Waals surface area contributed by atoms with Crippen molar-refractivity contribution in [3.05, 3.63) is 41.2 Å². The van der Waals surface area contributed by atoms with Crippen LogP contribution in [0.1, 0.15) is 45.2 Å². The van der Waals surface area contributed by atoms with Crippen molar-refractivity contribution in [2.45, 2.75) is 38.1 Å². The molecule has 3 rings (SSSR count). The van der Waals surface area contributed by atoms with Gasteiger partial charge in [-0.05, 0) is 25.0 Å². The molecule has 1 aliphatic rings. The minimum Gasteiger partial charge on any atom is -0.434 e. The molecule has 2 aromatic rings. The summed E-state index contributed by atoms with van der Waals surface area (Å²) in [5.74, 6) is -1.26. The van der Waals surface area contributed by atoms with Crippen LogP contribution < -0.4 is 10.1 Å². The maximum Gasteiger partial charge on any atom is 0.408 e. The van der Waals surface area contributed by atoms with Crippen LogP contribution in [0.15, 0.2) is 24.4 Å². The molecule has 28 heavy (non-hydrogen) atoms. The van der Waals surface area contributed by atoms with Crippen LogP contribution in [-0.4, -0.2) is 34.8 Å². The molecule has 0 atom stereocenters. The van der Waals surface area contributed by atoms with Gasteiger partial charge in [-0.3, -0.25) is 14.3 Å². The molecule has 0 radical (unpaired) electrons. The zero-order chi connectivity index (χ0) is 20.5. The van der Waals surface area contributed by atoms with Gasteiger partial charge in [-0.15, -0.1) is 0 Å². The predicted molar refractivity (Wildman–Crippen MR) is 86.7 cm³/mol. The highest BCUT2D eigenvalue weighted by Gasteiger charge is 2.34. The third-order valence-corrected chi connectivity index (χ3v) is 3.95. The third kappa shape index (κ3) is 4.84. The molecule has 0 saturated heterocycles. The van der Waals surface area contributed by atoms with Crippen LogP contribution in [0.4, 0.5) is 27.6 Å². The molecule has 1 fully saturated rings. The van der Waals surface area contributed by atoms with Crippen LogP contribution in [0.3, 0.4) is 0 Å². The number of ether oxygens (including phenoxy) is 1. The van der Waals surface area contributed by atoms with Gasteiger partial charge in [0.15, 0.2) is 6.29 Å². The molecule has 1 aromatic heterocycles. The molecule has 1 heterocycles. The fourth-order valence-corrected chi connectivity index (χ4v) is 2.64. The number of nitrogens with one attached hydrogen (secondary N) is 1. The van der Waals surface area contributed by atoms with E-state index in [1.807, 2.05) is 0 Å². The Labute approximate surface area is 155 Å². The van der Waals surface area contributed by atoms with E-state index in [-0.39, 0.29) is 28.4 Å². The standard InChI is InChI=1S/C17H14F5N3O3/c18-16(19)28-13-5-11(4-3-10(13)7-26)23-15(27)12-6-25(8-17(20,21)22)24-14(12)9-1-2-9/h3-7,9,16H,1-2,8H2,(H,23,27). The topological polar surface area (TPSA) is 73.2 Å². The maximum atomic E-state index is 12.6. The van der Waals surface area contributed by atoms with E-state index in [2.05, 4.69) is 15.2 Å². The summed E-state index contributed by atoms with van der Waals surface area (Å²) in [6.45, 7) is -4.51. The lowest BCUT2D eigenvalue weighted by Crippen LogP contribution is -2.18. The SMILES string of the molecule is O=Cc1ccc(NC(=O)c2cn(CC(F)(F)F)nc2C2CC2)cc1OC(F)F. The first-order valence-electron chi connectivity index (χ1n) is 8.16. The monoisotopic (exact) mass is 403 g/mol. The molecule has 0 aliphatic heterocycles. The van der Waals surface area contributed by atoms with Gasteiger partial charge in [0.1, 0.15) is 12.3 Å². The Morgan fingerprint density at radius 3 is 2.64 bits per heavy atom. The summed E-state index contributed by atoms with van der Waals surface area (Å²) >= 11 is 0. The number of carbonyl (C=O) groups excluding carboxylic acids is 2. The number of aromatic nitrogens is 2. The summed E-state index contributed by atoms with van der Waals surface area (Å²) in [4.78, 5) is 23.4. The molecule has 0 spiro atoms. The highest BCUT2D eigenvalue weighted by atomic mass is 19.4. The Morgan fingerprint density at radius 1 is 1.36 bits per heavy atom. The highest BCUT2D eigenvalue weighted by Crippen LogP contribution is 2.41. The number of hydrogen-bond acceptors (Lipinski definition) is 4. The number of aldehydes is 1. The molecular weight excluding hydrogens is 389 g/mol. The van der Waals surface area contributed by atoms with Crippen molar-refractivity contribution in [3.8, 4) is 5.75 Å². The summed E-state index contributed by atoms with van der Waals surface area (Å²) < 4.78 is 67.6. The van der Waals surface area contributed by atoms with Gasteiger partial charge in [0.05, 0.1) is 16.8 Å². The van der Waals surface area contributed by atoms with Gasteiger partial charge >= 0.3 is 12.8 Å². The summed E-state index contributed by atoms with van der Waals surface area (Å²) in [5, 5.41) is 6.28. The number of rotatable bonds is 7. The minimum absolute atomic E-state index is 0.0254. The first kappa shape index (κ1) is 19.8. The fourth-order valence-electron chi connectivity index (χ4n) is 2.64. The quantitative estimate of drug-likeness (QED) is 0.561. The second-order valence-electron chi connectivity index (χ2n) is 6.22. The summed E-state index contributed by atoms with van der Waals surface area (Å²) in [5.41, 5.74) is 0.129. The number of nitrogens with zero attached hydrogens (tertiary/aromatic N) is 2. The van der Waals surface area contributed by atoms with E-state index in [0.29, 0.717) is 23.8 Å². The van der Waals surface area contributed by atoms with E-state index in [4.69, 9.17) is 0 Å². The van der Waals surface area contributed by atoms with Gasteiger partial charge in [-0.25, -0.2) is 0 Å². The van der Waals surface area contributed by atoms with E-state index in [0.717, 1.165) is 12.3 Å². The number of alkyl halides is 5. The van der Waals surface area contributed by atoms with Crippen LogP contribution in [0.25, 0.3) is 0 Å². The Hall–Kier alpha value is -2.98. The molecule has 11 heteroatoms. The number of anilines is 1. The van der Waals surface area contributed by atoms with Crippen molar-refractivity contribution in [1.82, 2.24) is 9.78 Å². The van der Waals surface area contributed by atoms with Crippen molar-refractivity contribution in [3.63, 3.8) is 0 Å². The van der Waals surface area contributed by atoms with Gasteiger partial charge in [0.25, 0.3) is 5.91 Å². The Morgan fingerprint density at radius 2 is 2.07 bits per heavy atom. The molecule has 1 aromatic carbocycles. The van der Waals surface area contributed by atoms with Crippen LogP contribution in [0.5, 0.6) is 5.75 Å². The lowest BCUT2D eigenvalue weighted by atomic mass is 10.1. The summed E-state index contributed by atoms with van der Waals surface area (Å²) in [7, 11) is 0. The van der Waals surface area contributed by atoms with Gasteiger partial charge < -0.3 is 10.1 Å². The average molecular weight is 403 g/mol. The Bertz CT molecular complexity index is 891. The molecular formula is C17H14F5N3O3. The van der Waals surface area contributed by atoms with Crippen molar-refractivity contribution in [2.75, 3.05) is 5.32 Å². The zero-order valence-electron chi connectivity index (χ0n) is 14.2. The van der Waals surface area contributed by atoms with Gasteiger partial charge in [-0.2, -0.15) is 27.1 Å². The zero-order valence-corrected chi connectivity index (χ0v) is 14.2. The molecule has 1 amide bonds. The molecule has 150 valence electrons. The Kier molecular flexibility index (Phi) is 5.34. The third-order valence-electron chi connectivity index (χ3n) is 3.95. The second kappa shape index (κ2) is 7.56. The van der Waals surface area contributed by atoms with E-state index in [9.17, 15) is 31.5 Å². The van der Waals surface area contributed by atoms with Gasteiger partial charge in [0.2, 0.25) is 0 Å². The van der Waals surface area contributed by atoms with Crippen molar-refractivity contribution in [2.24, 2.45) is 0 Å². The number of halogens is 5. The molecule has 6 nitrogen and oxygen atoms in total. The first-order valence-corrected chi connectivity index (χ1v) is 8.16. The van der Waals surface area contributed by atoms with Crippen LogP contribution in [0, 0.1) is 0 Å². The van der Waals surface area contributed by atoms with E-state index >= 15 is 0 Å². The largest absolute Gasteiger partial charge is 0.434 e. The van der Waals surface area contributed by atoms with Crippen molar-refractivity contribution >= 4 is 17.9 Å². The van der Waals surface area contributed by atoms with Gasteiger partial charge in [0, 0.05) is 23.9 Å². The lowest BCUT2D eigenvalue weighted by molar-refractivity contribution is -0.142. The second-order valence-corrected chi connectivity index (χ2v) is 6.22. The molecule has 0 bridgehead atoms. The number of carbonyl (C=O) groups is 2. The van der Waals surface area contributed by atoms with Gasteiger partial charge in [-0.1, -0.05) is 0 Å². The van der Waals surface area contributed by atoms with Crippen LogP contribution in [-0.2, 0) is 6.54 Å².